The molecule has 0 fully saturated rings. The minimum atomic E-state index is 0.577. The summed E-state index contributed by atoms with van der Waals surface area (Å²) in [7, 11) is 1.58. The molecule has 0 atom stereocenters. The van der Waals surface area contributed by atoms with Crippen molar-refractivity contribution in [2.24, 2.45) is 0 Å². The van der Waals surface area contributed by atoms with E-state index in [1.54, 1.807) is 25.3 Å². The summed E-state index contributed by atoms with van der Waals surface area (Å²) in [6.45, 7) is 0.675. The normalized spacial score (nSPS) is 9.83. The summed E-state index contributed by atoms with van der Waals surface area (Å²) in [4.78, 5) is 0. The molecule has 98 valence electrons. The van der Waals surface area contributed by atoms with E-state index in [4.69, 9.17) is 14.7 Å². The fourth-order valence-corrected chi connectivity index (χ4v) is 1.83. The lowest BCUT2D eigenvalue weighted by atomic mass is 10.2. The maximum atomic E-state index is 8.79. The number of rotatable bonds is 8. The Hall–Kier alpha value is -1.34. The molecular weight excluding hydrogens is 246 g/mol. The van der Waals surface area contributed by atoms with Gasteiger partial charge in [-0.3, -0.25) is 0 Å². The van der Waals surface area contributed by atoms with Crippen LogP contribution in [0.4, 0.5) is 0 Å². The summed E-state index contributed by atoms with van der Waals surface area (Å²) in [5.41, 5.74) is 0.577. The zero-order valence-corrected chi connectivity index (χ0v) is 11.6. The quantitative estimate of drug-likeness (QED) is 0.578. The second-order valence-corrected chi connectivity index (χ2v) is 4.41. The summed E-state index contributed by atoms with van der Waals surface area (Å²) in [5.74, 6) is 2.26. The van der Waals surface area contributed by atoms with E-state index in [-0.39, 0.29) is 0 Å². The van der Waals surface area contributed by atoms with Gasteiger partial charge in [-0.15, -0.1) is 0 Å². The topological polar surface area (TPSA) is 42.2 Å². The van der Waals surface area contributed by atoms with Crippen molar-refractivity contribution in [2.45, 2.75) is 25.7 Å². The number of benzene rings is 1. The number of hydrogen-bond donors (Lipinski definition) is 1. The Morgan fingerprint density at radius 1 is 1.17 bits per heavy atom. The average Bonchev–Trinajstić information content (AvgIpc) is 2.42. The molecule has 0 saturated carbocycles. The lowest BCUT2D eigenvalue weighted by molar-refractivity contribution is 0.285. The average molecular weight is 265 g/mol. The van der Waals surface area contributed by atoms with E-state index in [0.29, 0.717) is 23.7 Å². The number of thiol groups is 1. The molecule has 0 bridgehead atoms. The predicted molar refractivity (Wildman–Crippen MR) is 75.5 cm³/mol. The van der Waals surface area contributed by atoms with E-state index < -0.39 is 0 Å². The van der Waals surface area contributed by atoms with Crippen LogP contribution in [0.25, 0.3) is 0 Å². The third-order valence-electron chi connectivity index (χ3n) is 2.60. The molecule has 4 heteroatoms. The Morgan fingerprint density at radius 3 is 2.61 bits per heavy atom. The highest BCUT2D eigenvalue weighted by molar-refractivity contribution is 7.80. The van der Waals surface area contributed by atoms with Gasteiger partial charge in [-0.25, -0.2) is 0 Å². The Kier molecular flexibility index (Phi) is 7.12. The summed E-state index contributed by atoms with van der Waals surface area (Å²) in [6.07, 6.45) is 4.52. The first-order chi connectivity index (χ1) is 8.81. The highest BCUT2D eigenvalue weighted by Gasteiger charge is 2.05. The van der Waals surface area contributed by atoms with Gasteiger partial charge in [0, 0.05) is 6.07 Å². The van der Waals surface area contributed by atoms with Crippen LogP contribution in [-0.4, -0.2) is 19.5 Å². The largest absolute Gasteiger partial charge is 0.493 e. The van der Waals surface area contributed by atoms with Gasteiger partial charge in [-0.1, -0.05) is 12.8 Å². The first kappa shape index (κ1) is 14.7. The zero-order chi connectivity index (χ0) is 13.2. The fraction of sp³-hybridized carbons (Fsp3) is 0.500. The van der Waals surface area contributed by atoms with Gasteiger partial charge in [0.15, 0.2) is 11.5 Å². The maximum absolute atomic E-state index is 8.79. The molecule has 0 N–H and O–H groups in total. The number of nitrogens with zero attached hydrogens (tertiary/aromatic N) is 1. The van der Waals surface area contributed by atoms with Gasteiger partial charge >= 0.3 is 0 Å². The number of ether oxygens (including phenoxy) is 2. The van der Waals surface area contributed by atoms with Crippen molar-refractivity contribution >= 4 is 12.6 Å². The first-order valence-corrected chi connectivity index (χ1v) is 6.77. The zero-order valence-electron chi connectivity index (χ0n) is 10.7. The summed E-state index contributed by atoms with van der Waals surface area (Å²) < 4.78 is 10.9. The number of unbranched alkanes of at least 4 members (excludes halogenated alkanes) is 3. The van der Waals surface area contributed by atoms with E-state index in [1.165, 1.54) is 6.42 Å². The minimum Gasteiger partial charge on any atom is -0.493 e. The van der Waals surface area contributed by atoms with Gasteiger partial charge in [0.2, 0.25) is 0 Å². The standard InChI is InChI=1S/C14H19NO2S/c1-16-14-10-12(11-15)6-7-13(14)17-8-4-2-3-5-9-18/h6-7,10,18H,2-5,8-9H2,1H3. The molecule has 0 aliphatic rings. The molecule has 0 spiro atoms. The third-order valence-corrected chi connectivity index (χ3v) is 2.92. The number of methoxy groups -OCH3 is 1. The highest BCUT2D eigenvalue weighted by Crippen LogP contribution is 2.27. The minimum absolute atomic E-state index is 0.577. The van der Waals surface area contributed by atoms with Crippen LogP contribution < -0.4 is 9.47 Å². The monoisotopic (exact) mass is 265 g/mol. The summed E-state index contributed by atoms with van der Waals surface area (Å²) in [6, 6.07) is 7.28. The van der Waals surface area contributed by atoms with E-state index in [9.17, 15) is 0 Å². The lowest BCUT2D eigenvalue weighted by Gasteiger charge is -2.10. The molecule has 1 aromatic carbocycles. The molecular formula is C14H19NO2S. The van der Waals surface area contributed by atoms with Crippen molar-refractivity contribution in [3.63, 3.8) is 0 Å². The van der Waals surface area contributed by atoms with Crippen molar-refractivity contribution in [1.82, 2.24) is 0 Å². The van der Waals surface area contributed by atoms with Gasteiger partial charge in [-0.05, 0) is 30.7 Å². The molecule has 0 radical (unpaired) electrons. The number of nitriles is 1. The molecule has 0 saturated heterocycles. The highest BCUT2D eigenvalue weighted by atomic mass is 32.1. The second-order valence-electron chi connectivity index (χ2n) is 3.96. The van der Waals surface area contributed by atoms with Crippen LogP contribution in [0.15, 0.2) is 18.2 Å². The SMILES string of the molecule is COc1cc(C#N)ccc1OCCCCCCS. The number of hydrogen-bond acceptors (Lipinski definition) is 4. The molecule has 0 heterocycles. The molecule has 3 nitrogen and oxygen atoms in total. The van der Waals surface area contributed by atoms with Crippen molar-refractivity contribution in [2.75, 3.05) is 19.5 Å². The van der Waals surface area contributed by atoms with Gasteiger partial charge in [-0.2, -0.15) is 17.9 Å². The summed E-state index contributed by atoms with van der Waals surface area (Å²) >= 11 is 4.17. The molecule has 0 unspecified atom stereocenters. The molecule has 1 rings (SSSR count). The van der Waals surface area contributed by atoms with Gasteiger partial charge in [0.1, 0.15) is 0 Å². The van der Waals surface area contributed by atoms with Gasteiger partial charge < -0.3 is 9.47 Å². The van der Waals surface area contributed by atoms with Crippen molar-refractivity contribution in [1.29, 1.82) is 5.26 Å². The predicted octanol–water partition coefficient (Wildman–Crippen LogP) is 3.44. The summed E-state index contributed by atoms with van der Waals surface area (Å²) in [5, 5.41) is 8.79. The van der Waals surface area contributed by atoms with E-state index in [1.807, 2.05) is 0 Å². The molecule has 0 aliphatic carbocycles. The second kappa shape index (κ2) is 8.71. The lowest BCUT2D eigenvalue weighted by Crippen LogP contribution is -1.99. The van der Waals surface area contributed by atoms with Crippen LogP contribution in [-0.2, 0) is 0 Å². The van der Waals surface area contributed by atoms with Crippen LogP contribution in [0.5, 0.6) is 11.5 Å². The van der Waals surface area contributed by atoms with Crippen molar-refractivity contribution in [3.05, 3.63) is 23.8 Å². The van der Waals surface area contributed by atoms with Crippen LogP contribution >= 0.6 is 12.6 Å². The Labute approximate surface area is 114 Å². The van der Waals surface area contributed by atoms with Crippen LogP contribution in [0.1, 0.15) is 31.2 Å². The van der Waals surface area contributed by atoms with Crippen LogP contribution in [0.3, 0.4) is 0 Å². The Balaban J connectivity index is 2.40. The van der Waals surface area contributed by atoms with E-state index in [2.05, 4.69) is 18.7 Å². The van der Waals surface area contributed by atoms with E-state index in [0.717, 1.165) is 25.0 Å². The van der Waals surface area contributed by atoms with Gasteiger partial charge in [0.25, 0.3) is 0 Å². The first-order valence-electron chi connectivity index (χ1n) is 6.13. The molecule has 0 aliphatic heterocycles. The Morgan fingerprint density at radius 2 is 1.94 bits per heavy atom. The maximum Gasteiger partial charge on any atom is 0.162 e. The van der Waals surface area contributed by atoms with Crippen molar-refractivity contribution < 1.29 is 9.47 Å². The third kappa shape index (κ3) is 4.89. The fourth-order valence-electron chi connectivity index (χ4n) is 1.61. The smallest absolute Gasteiger partial charge is 0.162 e. The molecule has 18 heavy (non-hydrogen) atoms. The molecule has 0 amide bonds. The van der Waals surface area contributed by atoms with Crippen molar-refractivity contribution in [3.8, 4) is 17.6 Å². The van der Waals surface area contributed by atoms with Crippen LogP contribution in [0, 0.1) is 11.3 Å². The van der Waals surface area contributed by atoms with Gasteiger partial charge in [0.05, 0.1) is 25.3 Å². The Bertz CT molecular complexity index is 401. The van der Waals surface area contributed by atoms with Crippen LogP contribution in [0.2, 0.25) is 0 Å². The van der Waals surface area contributed by atoms with E-state index >= 15 is 0 Å². The molecule has 1 aromatic rings. The molecule has 0 aromatic heterocycles.